The van der Waals surface area contributed by atoms with E-state index in [1.807, 2.05) is 0 Å². The second kappa shape index (κ2) is 5.40. The molecule has 2 rings (SSSR count). The molecule has 0 radical (unpaired) electrons. The number of hydrogen-bond donors (Lipinski definition) is 3. The molecule has 18 heavy (non-hydrogen) atoms. The number of nitrogens with one attached hydrogen (secondary N) is 1. The number of aliphatic carboxylic acids is 1. The van der Waals surface area contributed by atoms with Crippen molar-refractivity contribution in [3.63, 3.8) is 0 Å². The molecule has 106 valence electrons. The fraction of sp³-hybridized carbons (Fsp3) is 0.900. The molecule has 1 aliphatic heterocycles. The second-order valence-electron chi connectivity index (χ2n) is 4.51. The maximum atomic E-state index is 12.9. The molecule has 1 spiro atoms. The Balaban J connectivity index is 0.000000203. The quantitative estimate of drug-likeness (QED) is 0.581. The number of halogens is 4. The zero-order chi connectivity index (χ0) is 14.0. The Morgan fingerprint density at radius 3 is 2.00 bits per heavy atom. The Kier molecular flexibility index (Phi) is 4.55. The van der Waals surface area contributed by atoms with Gasteiger partial charge in [0, 0.05) is 12.1 Å². The van der Waals surface area contributed by atoms with Gasteiger partial charge < -0.3 is 15.5 Å². The van der Waals surface area contributed by atoms with E-state index in [0.29, 0.717) is 6.54 Å². The van der Waals surface area contributed by atoms with E-state index in [4.69, 9.17) is 9.90 Å². The van der Waals surface area contributed by atoms with E-state index in [1.54, 1.807) is 0 Å². The Morgan fingerprint density at radius 2 is 1.72 bits per heavy atom. The van der Waals surface area contributed by atoms with Gasteiger partial charge in [-0.15, -0.1) is 0 Å². The molecule has 0 bridgehead atoms. The molecule has 2 unspecified atom stereocenters. The van der Waals surface area contributed by atoms with Gasteiger partial charge in [-0.2, -0.15) is 13.2 Å². The van der Waals surface area contributed by atoms with E-state index in [1.165, 1.54) is 0 Å². The lowest BCUT2D eigenvalue weighted by atomic mass is 9.92. The smallest absolute Gasteiger partial charge is 0.475 e. The zero-order valence-corrected chi connectivity index (χ0v) is 9.50. The first-order chi connectivity index (χ1) is 8.19. The van der Waals surface area contributed by atoms with Crippen LogP contribution in [0, 0.1) is 0 Å². The molecule has 2 atom stereocenters. The zero-order valence-electron chi connectivity index (χ0n) is 9.50. The highest BCUT2D eigenvalue weighted by atomic mass is 19.4. The summed E-state index contributed by atoms with van der Waals surface area (Å²) in [5.74, 6) is -2.76. The summed E-state index contributed by atoms with van der Waals surface area (Å²) in [5, 5.41) is 19.7. The average molecular weight is 273 g/mol. The van der Waals surface area contributed by atoms with Crippen LogP contribution in [0.3, 0.4) is 0 Å². The van der Waals surface area contributed by atoms with Crippen LogP contribution in [0.2, 0.25) is 0 Å². The van der Waals surface area contributed by atoms with Crippen molar-refractivity contribution in [2.75, 3.05) is 6.54 Å². The highest BCUT2D eigenvalue weighted by Crippen LogP contribution is 2.37. The van der Waals surface area contributed by atoms with E-state index < -0.39 is 24.4 Å². The summed E-state index contributed by atoms with van der Waals surface area (Å²) >= 11 is 0. The molecule has 8 heteroatoms. The predicted octanol–water partition coefficient (Wildman–Crippen LogP) is 1.23. The fourth-order valence-corrected chi connectivity index (χ4v) is 2.34. The number of carboxylic acid groups (broad SMARTS) is 1. The first-order valence-corrected chi connectivity index (χ1v) is 5.56. The first kappa shape index (κ1) is 15.2. The van der Waals surface area contributed by atoms with Crippen LogP contribution in [-0.4, -0.2) is 46.7 Å². The van der Waals surface area contributed by atoms with Gasteiger partial charge in [0.25, 0.3) is 0 Å². The summed E-state index contributed by atoms with van der Waals surface area (Å²) in [6.07, 6.45) is -2.77. The van der Waals surface area contributed by atoms with Crippen molar-refractivity contribution in [2.24, 2.45) is 0 Å². The van der Waals surface area contributed by atoms with Gasteiger partial charge in [-0.25, -0.2) is 9.18 Å². The lowest BCUT2D eigenvalue weighted by molar-refractivity contribution is -0.192. The van der Waals surface area contributed by atoms with Crippen LogP contribution in [-0.2, 0) is 4.79 Å². The molecule has 0 aromatic carbocycles. The average Bonchev–Trinajstić information content (AvgIpc) is 2.83. The van der Waals surface area contributed by atoms with Crippen LogP contribution in [0.15, 0.2) is 0 Å². The summed E-state index contributed by atoms with van der Waals surface area (Å²) in [5.41, 5.74) is -0.251. The van der Waals surface area contributed by atoms with Crippen LogP contribution in [0.25, 0.3) is 0 Å². The summed E-state index contributed by atoms with van der Waals surface area (Å²) < 4.78 is 44.6. The van der Waals surface area contributed by atoms with Crippen LogP contribution < -0.4 is 5.32 Å². The van der Waals surface area contributed by atoms with Gasteiger partial charge in [0.15, 0.2) is 0 Å². The Morgan fingerprint density at radius 1 is 1.28 bits per heavy atom. The molecular formula is C10H15F4NO3. The molecule has 3 N–H and O–H groups in total. The highest BCUT2D eigenvalue weighted by Gasteiger charge is 2.49. The number of hydrogen-bond acceptors (Lipinski definition) is 3. The van der Waals surface area contributed by atoms with Crippen LogP contribution in [0.1, 0.15) is 25.7 Å². The third-order valence-corrected chi connectivity index (χ3v) is 3.30. The number of aliphatic hydroxyl groups is 1. The molecule has 1 heterocycles. The van der Waals surface area contributed by atoms with E-state index in [2.05, 4.69) is 5.32 Å². The fourth-order valence-electron chi connectivity index (χ4n) is 2.34. The SMILES string of the molecule is O=C(O)C(F)(F)F.OC1C(F)CNC12CCCC2. The van der Waals surface area contributed by atoms with E-state index in [-0.39, 0.29) is 5.54 Å². The third kappa shape index (κ3) is 3.32. The Hall–Kier alpha value is -0.890. The topological polar surface area (TPSA) is 69.6 Å². The summed E-state index contributed by atoms with van der Waals surface area (Å²) in [4.78, 5) is 8.90. The van der Waals surface area contributed by atoms with Crippen molar-refractivity contribution in [3.8, 4) is 0 Å². The minimum atomic E-state index is -5.08. The number of carboxylic acids is 1. The molecule has 0 amide bonds. The number of carbonyl (C=O) groups is 1. The van der Waals surface area contributed by atoms with Gasteiger partial charge in [-0.05, 0) is 12.8 Å². The van der Waals surface area contributed by atoms with Crippen LogP contribution >= 0.6 is 0 Å². The molecule has 1 saturated carbocycles. The van der Waals surface area contributed by atoms with Gasteiger partial charge in [-0.3, -0.25) is 0 Å². The second-order valence-corrected chi connectivity index (χ2v) is 4.51. The van der Waals surface area contributed by atoms with Crippen molar-refractivity contribution >= 4 is 5.97 Å². The number of alkyl halides is 4. The predicted molar refractivity (Wildman–Crippen MR) is 53.8 cm³/mol. The molecular weight excluding hydrogens is 258 g/mol. The monoisotopic (exact) mass is 273 g/mol. The maximum Gasteiger partial charge on any atom is 0.490 e. The molecule has 1 saturated heterocycles. The minimum absolute atomic E-state index is 0.251. The summed E-state index contributed by atoms with van der Waals surface area (Å²) in [7, 11) is 0. The Bertz CT molecular complexity index is 302. The highest BCUT2D eigenvalue weighted by molar-refractivity contribution is 5.73. The molecule has 4 nitrogen and oxygen atoms in total. The van der Waals surface area contributed by atoms with Gasteiger partial charge in [-0.1, -0.05) is 12.8 Å². The maximum absolute atomic E-state index is 12.9. The summed E-state index contributed by atoms with van der Waals surface area (Å²) in [6.45, 7) is 0.334. The number of aliphatic hydroxyl groups excluding tert-OH is 1. The first-order valence-electron chi connectivity index (χ1n) is 5.56. The van der Waals surface area contributed by atoms with Gasteiger partial charge in [0.05, 0.1) is 0 Å². The molecule has 0 aromatic heterocycles. The Labute approximate surface area is 101 Å². The summed E-state index contributed by atoms with van der Waals surface area (Å²) in [6, 6.07) is 0. The lowest BCUT2D eigenvalue weighted by Crippen LogP contribution is -2.45. The molecule has 2 fully saturated rings. The largest absolute Gasteiger partial charge is 0.490 e. The van der Waals surface area contributed by atoms with E-state index >= 15 is 0 Å². The van der Waals surface area contributed by atoms with Crippen molar-refractivity contribution in [1.29, 1.82) is 0 Å². The molecule has 0 aromatic rings. The van der Waals surface area contributed by atoms with Gasteiger partial charge in [0.1, 0.15) is 12.3 Å². The lowest BCUT2D eigenvalue weighted by Gasteiger charge is -2.27. The van der Waals surface area contributed by atoms with E-state index in [0.717, 1.165) is 25.7 Å². The van der Waals surface area contributed by atoms with E-state index in [9.17, 15) is 22.7 Å². The minimum Gasteiger partial charge on any atom is -0.475 e. The van der Waals surface area contributed by atoms with Crippen molar-refractivity contribution < 1.29 is 32.6 Å². The van der Waals surface area contributed by atoms with Gasteiger partial charge in [0.2, 0.25) is 0 Å². The normalized spacial score (nSPS) is 30.1. The van der Waals surface area contributed by atoms with Crippen molar-refractivity contribution in [2.45, 2.75) is 49.7 Å². The van der Waals surface area contributed by atoms with Gasteiger partial charge >= 0.3 is 12.1 Å². The molecule has 2 aliphatic rings. The van der Waals surface area contributed by atoms with Crippen molar-refractivity contribution in [3.05, 3.63) is 0 Å². The van der Waals surface area contributed by atoms with Crippen LogP contribution in [0.5, 0.6) is 0 Å². The molecule has 1 aliphatic carbocycles. The third-order valence-electron chi connectivity index (χ3n) is 3.30. The van der Waals surface area contributed by atoms with Crippen molar-refractivity contribution in [1.82, 2.24) is 5.32 Å². The van der Waals surface area contributed by atoms with Crippen LogP contribution in [0.4, 0.5) is 17.6 Å². The number of rotatable bonds is 0. The standard InChI is InChI=1S/C8H14FNO.C2HF3O2/c9-6-5-10-8(7(6)11)3-1-2-4-8;3-2(4,5)1(6)7/h6-7,10-11H,1-5H2;(H,6,7).